The van der Waals surface area contributed by atoms with Crippen LogP contribution in [0.15, 0.2) is 36.7 Å². The summed E-state index contributed by atoms with van der Waals surface area (Å²) in [6.45, 7) is 2.82. The van der Waals surface area contributed by atoms with Gasteiger partial charge in [-0.05, 0) is 13.0 Å². The molecule has 0 amide bonds. The summed E-state index contributed by atoms with van der Waals surface area (Å²) < 4.78 is 5.31. The van der Waals surface area contributed by atoms with E-state index < -0.39 is 0 Å². The van der Waals surface area contributed by atoms with Crippen LogP contribution in [0.2, 0.25) is 0 Å². The highest BCUT2D eigenvalue weighted by Gasteiger charge is 2.05. The average molecular weight is 229 g/mol. The molecular weight excluding hydrogens is 214 g/mol. The summed E-state index contributed by atoms with van der Waals surface area (Å²) in [5.41, 5.74) is 1.95. The van der Waals surface area contributed by atoms with Gasteiger partial charge in [-0.1, -0.05) is 18.2 Å². The van der Waals surface area contributed by atoms with E-state index in [1.54, 1.807) is 19.5 Å². The highest BCUT2D eigenvalue weighted by Crippen LogP contribution is 2.28. The first-order valence-electron chi connectivity index (χ1n) is 5.54. The van der Waals surface area contributed by atoms with E-state index >= 15 is 0 Å². The third-order valence-electron chi connectivity index (χ3n) is 2.40. The number of methoxy groups -OCH3 is 1. The number of nitrogens with one attached hydrogen (secondary N) is 1. The highest BCUT2D eigenvalue weighted by molar-refractivity contribution is 5.69. The maximum Gasteiger partial charge on any atom is 0.222 e. The standard InChI is InChI=1S/C13H15N3O/c1-3-14-13-15-8-10(9-16-13)11-6-4-5-7-12(11)17-2/h4-9H,3H2,1-2H3,(H,14,15,16). The van der Waals surface area contributed by atoms with E-state index in [1.165, 1.54) is 0 Å². The van der Waals surface area contributed by atoms with Gasteiger partial charge < -0.3 is 10.1 Å². The number of hydrogen-bond acceptors (Lipinski definition) is 4. The van der Waals surface area contributed by atoms with Gasteiger partial charge in [0.15, 0.2) is 0 Å². The highest BCUT2D eigenvalue weighted by atomic mass is 16.5. The number of anilines is 1. The molecule has 1 N–H and O–H groups in total. The third-order valence-corrected chi connectivity index (χ3v) is 2.40. The SMILES string of the molecule is CCNc1ncc(-c2ccccc2OC)cn1. The van der Waals surface area contributed by atoms with Crippen LogP contribution in [-0.2, 0) is 0 Å². The molecule has 2 aromatic rings. The number of benzene rings is 1. The lowest BCUT2D eigenvalue weighted by Crippen LogP contribution is -2.01. The number of para-hydroxylation sites is 1. The monoisotopic (exact) mass is 229 g/mol. The summed E-state index contributed by atoms with van der Waals surface area (Å²) in [5, 5.41) is 3.06. The van der Waals surface area contributed by atoms with Crippen LogP contribution in [0, 0.1) is 0 Å². The first-order valence-corrected chi connectivity index (χ1v) is 5.54. The molecule has 1 aromatic carbocycles. The molecule has 1 aromatic heterocycles. The molecule has 0 bridgehead atoms. The van der Waals surface area contributed by atoms with E-state index in [1.807, 2.05) is 31.2 Å². The van der Waals surface area contributed by atoms with Crippen molar-refractivity contribution in [1.29, 1.82) is 0 Å². The zero-order valence-corrected chi connectivity index (χ0v) is 9.97. The zero-order valence-electron chi connectivity index (χ0n) is 9.97. The Kier molecular flexibility index (Phi) is 3.55. The molecule has 0 fully saturated rings. The van der Waals surface area contributed by atoms with Gasteiger partial charge in [-0.15, -0.1) is 0 Å². The fourth-order valence-corrected chi connectivity index (χ4v) is 1.60. The Morgan fingerprint density at radius 1 is 1.18 bits per heavy atom. The topological polar surface area (TPSA) is 47.0 Å². The van der Waals surface area contributed by atoms with Gasteiger partial charge in [0.25, 0.3) is 0 Å². The fourth-order valence-electron chi connectivity index (χ4n) is 1.60. The van der Waals surface area contributed by atoms with Gasteiger partial charge in [0.05, 0.1) is 7.11 Å². The van der Waals surface area contributed by atoms with Crippen LogP contribution in [-0.4, -0.2) is 23.6 Å². The Hall–Kier alpha value is -2.10. The van der Waals surface area contributed by atoms with Crippen molar-refractivity contribution in [1.82, 2.24) is 9.97 Å². The molecule has 2 rings (SSSR count). The average Bonchev–Trinajstić information content (AvgIpc) is 2.40. The summed E-state index contributed by atoms with van der Waals surface area (Å²) in [4.78, 5) is 8.48. The molecule has 0 atom stereocenters. The van der Waals surface area contributed by atoms with E-state index in [2.05, 4.69) is 15.3 Å². The van der Waals surface area contributed by atoms with Crippen LogP contribution in [0.3, 0.4) is 0 Å². The Morgan fingerprint density at radius 2 is 1.88 bits per heavy atom. The molecule has 0 saturated carbocycles. The minimum absolute atomic E-state index is 0.645. The number of hydrogen-bond donors (Lipinski definition) is 1. The van der Waals surface area contributed by atoms with Gasteiger partial charge in [0.1, 0.15) is 5.75 Å². The summed E-state index contributed by atoms with van der Waals surface area (Å²) in [6.07, 6.45) is 3.59. The lowest BCUT2D eigenvalue weighted by atomic mass is 10.1. The third kappa shape index (κ3) is 2.53. The minimum atomic E-state index is 0.645. The second-order valence-electron chi connectivity index (χ2n) is 3.53. The second-order valence-corrected chi connectivity index (χ2v) is 3.53. The largest absolute Gasteiger partial charge is 0.496 e. The molecule has 1 heterocycles. The van der Waals surface area contributed by atoms with Crippen LogP contribution >= 0.6 is 0 Å². The molecule has 0 aliphatic heterocycles. The van der Waals surface area contributed by atoms with Gasteiger partial charge in [-0.2, -0.15) is 0 Å². The van der Waals surface area contributed by atoms with Gasteiger partial charge in [0, 0.05) is 30.1 Å². The molecule has 0 unspecified atom stereocenters. The second kappa shape index (κ2) is 5.30. The van der Waals surface area contributed by atoms with Crippen molar-refractivity contribution < 1.29 is 4.74 Å². The van der Waals surface area contributed by atoms with Crippen molar-refractivity contribution in [2.45, 2.75) is 6.92 Å². The Balaban J connectivity index is 2.33. The summed E-state index contributed by atoms with van der Waals surface area (Å²) in [5.74, 6) is 1.47. The van der Waals surface area contributed by atoms with Crippen LogP contribution in [0.25, 0.3) is 11.1 Å². The number of ether oxygens (including phenoxy) is 1. The van der Waals surface area contributed by atoms with Crippen LogP contribution in [0.4, 0.5) is 5.95 Å². The lowest BCUT2D eigenvalue weighted by molar-refractivity contribution is 0.416. The molecule has 0 spiro atoms. The van der Waals surface area contributed by atoms with Crippen LogP contribution < -0.4 is 10.1 Å². The van der Waals surface area contributed by atoms with Crippen molar-refractivity contribution in [3.8, 4) is 16.9 Å². The summed E-state index contributed by atoms with van der Waals surface area (Å²) in [7, 11) is 1.66. The van der Waals surface area contributed by atoms with Crippen molar-refractivity contribution in [2.75, 3.05) is 19.0 Å². The van der Waals surface area contributed by atoms with E-state index in [4.69, 9.17) is 4.74 Å². The van der Waals surface area contributed by atoms with Crippen molar-refractivity contribution >= 4 is 5.95 Å². The summed E-state index contributed by atoms with van der Waals surface area (Å²) in [6, 6.07) is 7.82. The lowest BCUT2D eigenvalue weighted by Gasteiger charge is -2.08. The van der Waals surface area contributed by atoms with Gasteiger partial charge >= 0.3 is 0 Å². The first kappa shape index (κ1) is 11.4. The molecule has 0 radical (unpaired) electrons. The van der Waals surface area contributed by atoms with Crippen LogP contribution in [0.1, 0.15) is 6.92 Å². The van der Waals surface area contributed by atoms with Crippen LogP contribution in [0.5, 0.6) is 5.75 Å². The fraction of sp³-hybridized carbons (Fsp3) is 0.231. The summed E-state index contributed by atoms with van der Waals surface area (Å²) >= 11 is 0. The zero-order chi connectivity index (χ0) is 12.1. The van der Waals surface area contributed by atoms with E-state index in [0.717, 1.165) is 23.4 Å². The van der Waals surface area contributed by atoms with E-state index in [-0.39, 0.29) is 0 Å². The molecule has 4 heteroatoms. The molecule has 0 aliphatic carbocycles. The van der Waals surface area contributed by atoms with Gasteiger partial charge in [-0.3, -0.25) is 0 Å². The van der Waals surface area contributed by atoms with Crippen molar-refractivity contribution in [2.24, 2.45) is 0 Å². The number of rotatable bonds is 4. The molecule has 4 nitrogen and oxygen atoms in total. The first-order chi connectivity index (χ1) is 8.35. The minimum Gasteiger partial charge on any atom is -0.496 e. The van der Waals surface area contributed by atoms with Crippen molar-refractivity contribution in [3.05, 3.63) is 36.7 Å². The molecule has 17 heavy (non-hydrogen) atoms. The van der Waals surface area contributed by atoms with Crippen molar-refractivity contribution in [3.63, 3.8) is 0 Å². The van der Waals surface area contributed by atoms with Gasteiger partial charge in [0.2, 0.25) is 5.95 Å². The maximum absolute atomic E-state index is 5.31. The smallest absolute Gasteiger partial charge is 0.222 e. The molecule has 0 saturated heterocycles. The van der Waals surface area contributed by atoms with E-state index in [0.29, 0.717) is 5.95 Å². The molecule has 88 valence electrons. The quantitative estimate of drug-likeness (QED) is 0.875. The Labute approximate surface area is 101 Å². The van der Waals surface area contributed by atoms with Gasteiger partial charge in [-0.25, -0.2) is 9.97 Å². The Bertz CT molecular complexity index is 482. The van der Waals surface area contributed by atoms with E-state index in [9.17, 15) is 0 Å². The predicted molar refractivity (Wildman–Crippen MR) is 68.2 cm³/mol. The maximum atomic E-state index is 5.31. The number of nitrogens with zero attached hydrogens (tertiary/aromatic N) is 2. The predicted octanol–water partition coefficient (Wildman–Crippen LogP) is 2.58. The molecule has 0 aliphatic rings. The number of aromatic nitrogens is 2. The normalized spacial score (nSPS) is 10.0. The molecular formula is C13H15N3O. The Morgan fingerprint density at radius 3 is 2.53 bits per heavy atom.